The average Bonchev–Trinajstić information content (AvgIpc) is 2.74. The van der Waals surface area contributed by atoms with Crippen molar-refractivity contribution < 1.29 is 17.6 Å². The monoisotopic (exact) mass is 459 g/mol. The van der Waals surface area contributed by atoms with Crippen molar-refractivity contribution in [3.8, 4) is 0 Å². The topological polar surface area (TPSA) is 78.8 Å². The zero-order valence-corrected chi connectivity index (χ0v) is 18.1. The number of anilines is 1. The smallest absolute Gasteiger partial charge is 0.267 e. The van der Waals surface area contributed by atoms with Crippen LogP contribution in [-0.4, -0.2) is 26.8 Å². The number of nitrogens with one attached hydrogen (secondary N) is 1. The predicted molar refractivity (Wildman–Crippen MR) is 120 cm³/mol. The summed E-state index contributed by atoms with van der Waals surface area (Å²) in [5, 5.41) is 4.31. The van der Waals surface area contributed by atoms with Crippen molar-refractivity contribution in [3.05, 3.63) is 100 Å². The molecule has 0 saturated carbocycles. The van der Waals surface area contributed by atoms with Gasteiger partial charge in [0.2, 0.25) is 10.0 Å². The molecule has 0 unspecified atom stereocenters. The van der Waals surface area contributed by atoms with Crippen LogP contribution in [0.4, 0.5) is 10.1 Å². The van der Waals surface area contributed by atoms with Gasteiger partial charge in [-0.05, 0) is 53.6 Å². The number of hydrogen-bond donors (Lipinski definition) is 1. The fraction of sp³-hybridized carbons (Fsp3) is 0.0909. The summed E-state index contributed by atoms with van der Waals surface area (Å²) in [6, 6.07) is 18.7. The Kier molecular flexibility index (Phi) is 7.04. The van der Waals surface area contributed by atoms with E-state index in [0.717, 1.165) is 6.26 Å². The molecule has 31 heavy (non-hydrogen) atoms. The molecule has 1 N–H and O–H groups in total. The third-order valence-corrected chi connectivity index (χ3v) is 5.85. The molecule has 6 nitrogen and oxygen atoms in total. The van der Waals surface area contributed by atoms with Crippen molar-refractivity contribution in [2.75, 3.05) is 10.6 Å². The van der Waals surface area contributed by atoms with E-state index in [1.807, 2.05) is 0 Å². The minimum Gasteiger partial charge on any atom is -0.267 e. The van der Waals surface area contributed by atoms with Gasteiger partial charge in [-0.3, -0.25) is 9.10 Å². The highest BCUT2D eigenvalue weighted by Crippen LogP contribution is 2.24. The Morgan fingerprint density at radius 2 is 1.71 bits per heavy atom. The molecule has 0 radical (unpaired) electrons. The normalized spacial score (nSPS) is 11.5. The summed E-state index contributed by atoms with van der Waals surface area (Å²) in [6.07, 6.45) is 2.50. The van der Waals surface area contributed by atoms with Crippen molar-refractivity contribution >= 4 is 39.4 Å². The molecular formula is C22H19ClFN3O3S. The lowest BCUT2D eigenvalue weighted by Crippen LogP contribution is -2.29. The first-order chi connectivity index (χ1) is 14.7. The zero-order chi connectivity index (χ0) is 22.4. The van der Waals surface area contributed by atoms with Crippen LogP contribution in [0.3, 0.4) is 0 Å². The van der Waals surface area contributed by atoms with Crippen molar-refractivity contribution in [3.63, 3.8) is 0 Å². The van der Waals surface area contributed by atoms with Crippen LogP contribution in [0, 0.1) is 5.82 Å². The number of carbonyl (C=O) groups is 1. The molecule has 0 bridgehead atoms. The largest absolute Gasteiger partial charge is 0.271 e. The lowest BCUT2D eigenvalue weighted by Gasteiger charge is -2.23. The van der Waals surface area contributed by atoms with Gasteiger partial charge in [-0.2, -0.15) is 5.10 Å². The molecule has 0 aliphatic carbocycles. The molecule has 0 aliphatic rings. The van der Waals surface area contributed by atoms with Crippen molar-refractivity contribution in [1.82, 2.24) is 5.43 Å². The Balaban J connectivity index is 1.72. The summed E-state index contributed by atoms with van der Waals surface area (Å²) < 4.78 is 38.8. The Hall–Kier alpha value is -3.23. The minimum atomic E-state index is -3.59. The summed E-state index contributed by atoms with van der Waals surface area (Å²) in [7, 11) is -3.59. The Labute approximate surface area is 185 Å². The molecule has 1 amide bonds. The molecule has 0 saturated heterocycles. The number of rotatable bonds is 7. The van der Waals surface area contributed by atoms with Gasteiger partial charge in [0.1, 0.15) is 5.82 Å². The zero-order valence-electron chi connectivity index (χ0n) is 16.5. The van der Waals surface area contributed by atoms with Crippen molar-refractivity contribution in [2.24, 2.45) is 5.10 Å². The molecule has 9 heteroatoms. The predicted octanol–water partition coefficient (Wildman–Crippen LogP) is 4.21. The first-order valence-corrected chi connectivity index (χ1v) is 11.4. The summed E-state index contributed by atoms with van der Waals surface area (Å²) >= 11 is 6.17. The van der Waals surface area contributed by atoms with Gasteiger partial charge in [0, 0.05) is 10.6 Å². The lowest BCUT2D eigenvalue weighted by atomic mass is 10.2. The maximum Gasteiger partial charge on any atom is 0.271 e. The second kappa shape index (κ2) is 9.72. The number of carbonyl (C=O) groups excluding carboxylic acids is 1. The number of hydrogen-bond acceptors (Lipinski definition) is 4. The van der Waals surface area contributed by atoms with E-state index < -0.39 is 15.9 Å². The van der Waals surface area contributed by atoms with E-state index in [1.165, 1.54) is 59.1 Å². The quantitative estimate of drug-likeness (QED) is 0.424. The highest BCUT2D eigenvalue weighted by atomic mass is 35.5. The Morgan fingerprint density at radius 3 is 2.32 bits per heavy atom. The molecule has 0 heterocycles. The number of benzene rings is 3. The average molecular weight is 460 g/mol. The minimum absolute atomic E-state index is 0.0615. The van der Waals surface area contributed by atoms with Crippen molar-refractivity contribution in [2.45, 2.75) is 6.54 Å². The molecule has 3 aromatic rings. The molecule has 0 aromatic heterocycles. The van der Waals surface area contributed by atoms with E-state index >= 15 is 0 Å². The summed E-state index contributed by atoms with van der Waals surface area (Å²) in [4.78, 5) is 12.3. The maximum absolute atomic E-state index is 12.9. The van der Waals surface area contributed by atoms with Crippen LogP contribution in [0.25, 0.3) is 0 Å². The molecule has 0 spiro atoms. The van der Waals surface area contributed by atoms with Crippen LogP contribution in [0.1, 0.15) is 21.5 Å². The highest BCUT2D eigenvalue weighted by Gasteiger charge is 2.19. The number of nitrogens with zero attached hydrogens (tertiary/aromatic N) is 2. The van der Waals surface area contributed by atoms with Gasteiger partial charge in [0.05, 0.1) is 24.7 Å². The van der Waals surface area contributed by atoms with Crippen molar-refractivity contribution in [1.29, 1.82) is 0 Å². The van der Waals surface area contributed by atoms with Gasteiger partial charge in [-0.15, -0.1) is 0 Å². The van der Waals surface area contributed by atoms with Crippen LogP contribution in [0.2, 0.25) is 5.02 Å². The van der Waals surface area contributed by atoms with E-state index in [9.17, 15) is 17.6 Å². The molecule has 0 atom stereocenters. The van der Waals surface area contributed by atoms with Crippen LogP contribution in [0.15, 0.2) is 77.9 Å². The molecule has 0 fully saturated rings. The SMILES string of the molecule is CS(=O)(=O)N(Cc1ccccc1Cl)c1ccc(C(=O)N/N=C\c2ccc(F)cc2)cc1. The van der Waals surface area contributed by atoms with Gasteiger partial charge in [-0.1, -0.05) is 41.9 Å². The van der Waals surface area contributed by atoms with E-state index in [4.69, 9.17) is 11.6 Å². The Bertz CT molecular complexity index is 1200. The van der Waals surface area contributed by atoms with Gasteiger partial charge in [0.15, 0.2) is 0 Å². The number of halogens is 2. The summed E-state index contributed by atoms with van der Waals surface area (Å²) in [5.41, 5.74) is 4.35. The van der Waals surface area contributed by atoms with Gasteiger partial charge < -0.3 is 0 Å². The molecule has 3 rings (SSSR count). The van der Waals surface area contributed by atoms with Crippen LogP contribution >= 0.6 is 11.6 Å². The second-order valence-electron chi connectivity index (χ2n) is 6.66. The van der Waals surface area contributed by atoms with Crippen LogP contribution < -0.4 is 9.73 Å². The van der Waals surface area contributed by atoms with E-state index in [2.05, 4.69) is 10.5 Å². The highest BCUT2D eigenvalue weighted by molar-refractivity contribution is 7.92. The van der Waals surface area contributed by atoms with Gasteiger partial charge in [-0.25, -0.2) is 18.2 Å². The maximum atomic E-state index is 12.9. The third kappa shape index (κ3) is 6.13. The first kappa shape index (κ1) is 22.5. The number of amides is 1. The standard InChI is InChI=1S/C22H19ClFN3O3S/c1-31(29,30)27(15-18-4-2-3-5-21(18)23)20-12-8-17(9-13-20)22(28)26-25-14-16-6-10-19(24)11-7-16/h2-14H,15H2,1H3,(H,26,28)/b25-14-. The van der Waals surface area contributed by atoms with Crippen LogP contribution in [-0.2, 0) is 16.6 Å². The fourth-order valence-corrected chi connectivity index (χ4v) is 3.81. The molecule has 0 aliphatic heterocycles. The summed E-state index contributed by atoms with van der Waals surface area (Å²) in [5.74, 6) is -0.833. The molecule has 160 valence electrons. The van der Waals surface area contributed by atoms with Gasteiger partial charge in [0.25, 0.3) is 5.91 Å². The Morgan fingerprint density at radius 1 is 1.06 bits per heavy atom. The lowest BCUT2D eigenvalue weighted by molar-refractivity contribution is 0.0955. The van der Waals surface area contributed by atoms with E-state index in [1.54, 1.807) is 24.3 Å². The number of hydrazone groups is 1. The third-order valence-electron chi connectivity index (χ3n) is 4.34. The first-order valence-electron chi connectivity index (χ1n) is 9.14. The molecule has 3 aromatic carbocycles. The van der Waals surface area contributed by atoms with Crippen LogP contribution in [0.5, 0.6) is 0 Å². The number of sulfonamides is 1. The van der Waals surface area contributed by atoms with Gasteiger partial charge >= 0.3 is 0 Å². The van der Waals surface area contributed by atoms with E-state index in [-0.39, 0.29) is 12.4 Å². The van der Waals surface area contributed by atoms with E-state index in [0.29, 0.717) is 27.4 Å². The summed E-state index contributed by atoms with van der Waals surface area (Å²) in [6.45, 7) is 0.0615. The second-order valence-corrected chi connectivity index (χ2v) is 8.97. The fourth-order valence-electron chi connectivity index (χ4n) is 2.74. The molecular weight excluding hydrogens is 441 g/mol.